The van der Waals surface area contributed by atoms with Crippen molar-refractivity contribution in [2.24, 2.45) is 0 Å². The Kier molecular flexibility index (Phi) is 5.04. The smallest absolute Gasteiger partial charge is 0.125 e. The Morgan fingerprint density at radius 1 is 1.00 bits per heavy atom. The molecule has 1 heterocycles. The van der Waals surface area contributed by atoms with E-state index in [1.807, 2.05) is 23.5 Å². The van der Waals surface area contributed by atoms with Gasteiger partial charge in [-0.05, 0) is 43.4 Å². The van der Waals surface area contributed by atoms with Crippen LogP contribution in [0, 0.1) is 6.92 Å². The van der Waals surface area contributed by atoms with Crippen LogP contribution in [0.1, 0.15) is 30.0 Å². The highest BCUT2D eigenvalue weighted by Gasteiger charge is 2.32. The molecule has 2 aromatic rings. The van der Waals surface area contributed by atoms with Gasteiger partial charge in [0, 0.05) is 5.56 Å². The van der Waals surface area contributed by atoms with Gasteiger partial charge in [0.15, 0.2) is 0 Å². The second-order valence-corrected chi connectivity index (χ2v) is 9.05. The molecule has 0 amide bonds. The minimum atomic E-state index is 0.113. The van der Waals surface area contributed by atoms with Crippen LogP contribution in [0.2, 0.25) is 0 Å². The minimum absolute atomic E-state index is 0.113. The third kappa shape index (κ3) is 3.64. The normalized spacial score (nSPS) is 17.2. The number of benzene rings is 2. The molecule has 1 saturated heterocycles. The van der Waals surface area contributed by atoms with Crippen LogP contribution in [0.25, 0.3) is 0 Å². The summed E-state index contributed by atoms with van der Waals surface area (Å²) in [4.78, 5) is 0. The fraction of sp³-hybridized carbons (Fsp3) is 0.368. The average molecular weight is 331 g/mol. The number of thioether (sulfide) groups is 2. The molecule has 1 nitrogen and oxygen atoms in total. The van der Waals surface area contributed by atoms with Gasteiger partial charge in [0.1, 0.15) is 12.4 Å². The summed E-state index contributed by atoms with van der Waals surface area (Å²) in [6.07, 6.45) is 1.30. The van der Waals surface area contributed by atoms with Gasteiger partial charge in [0.25, 0.3) is 0 Å². The van der Waals surface area contributed by atoms with Crippen molar-refractivity contribution >= 4 is 23.5 Å². The monoisotopic (exact) mass is 330 g/mol. The van der Waals surface area contributed by atoms with E-state index in [9.17, 15) is 0 Å². The van der Waals surface area contributed by atoms with E-state index < -0.39 is 0 Å². The van der Waals surface area contributed by atoms with Gasteiger partial charge in [-0.25, -0.2) is 0 Å². The minimum Gasteiger partial charge on any atom is -0.489 e. The summed E-state index contributed by atoms with van der Waals surface area (Å²) in [5.41, 5.74) is 3.82. The van der Waals surface area contributed by atoms with Crippen molar-refractivity contribution in [1.82, 2.24) is 0 Å². The lowest BCUT2D eigenvalue weighted by Gasteiger charge is -2.34. The molecule has 0 aliphatic carbocycles. The molecule has 22 heavy (non-hydrogen) atoms. The zero-order valence-electron chi connectivity index (χ0n) is 13.2. The first kappa shape index (κ1) is 15.8. The van der Waals surface area contributed by atoms with E-state index in [-0.39, 0.29) is 4.08 Å². The van der Waals surface area contributed by atoms with Gasteiger partial charge in [-0.2, -0.15) is 0 Å². The number of rotatable bonds is 4. The Bertz CT molecular complexity index is 616. The lowest BCUT2D eigenvalue weighted by Crippen LogP contribution is -2.19. The highest BCUT2D eigenvalue weighted by molar-refractivity contribution is 8.18. The molecule has 0 bridgehead atoms. The number of aryl methyl sites for hydroxylation is 1. The molecule has 0 spiro atoms. The van der Waals surface area contributed by atoms with Crippen LogP contribution in [-0.4, -0.2) is 11.5 Å². The summed E-state index contributed by atoms with van der Waals surface area (Å²) in [7, 11) is 0. The molecule has 2 aromatic carbocycles. The zero-order valence-corrected chi connectivity index (χ0v) is 14.8. The highest BCUT2D eigenvalue weighted by Crippen LogP contribution is 2.52. The molecule has 1 fully saturated rings. The van der Waals surface area contributed by atoms with Crippen molar-refractivity contribution in [3.63, 3.8) is 0 Å². The van der Waals surface area contributed by atoms with Crippen LogP contribution in [-0.2, 0) is 10.7 Å². The quantitative estimate of drug-likeness (QED) is 0.720. The van der Waals surface area contributed by atoms with Crippen molar-refractivity contribution in [2.75, 3.05) is 11.5 Å². The van der Waals surface area contributed by atoms with Crippen LogP contribution in [0.3, 0.4) is 0 Å². The highest BCUT2D eigenvalue weighted by atomic mass is 32.2. The number of hydrogen-bond donors (Lipinski definition) is 0. The molecule has 1 aliphatic heterocycles. The molecule has 1 aliphatic rings. The van der Waals surface area contributed by atoms with Crippen molar-refractivity contribution in [2.45, 2.75) is 31.0 Å². The van der Waals surface area contributed by atoms with Crippen molar-refractivity contribution < 1.29 is 4.74 Å². The Morgan fingerprint density at radius 3 is 2.41 bits per heavy atom. The lowest BCUT2D eigenvalue weighted by molar-refractivity contribution is 0.302. The Labute approximate surface area is 141 Å². The SMILES string of the molecule is Cc1ccc(COc2ccccc2C2(C)SCCCS2)cc1. The summed E-state index contributed by atoms with van der Waals surface area (Å²) in [6, 6.07) is 17.1. The molecule has 0 N–H and O–H groups in total. The summed E-state index contributed by atoms with van der Waals surface area (Å²) in [5.74, 6) is 3.48. The Morgan fingerprint density at radius 2 is 1.68 bits per heavy atom. The molecule has 0 radical (unpaired) electrons. The summed E-state index contributed by atoms with van der Waals surface area (Å²) < 4.78 is 6.27. The topological polar surface area (TPSA) is 9.23 Å². The standard InChI is InChI=1S/C19H22OS2/c1-15-8-10-16(11-9-15)14-20-18-7-4-3-6-17(18)19(2)21-12-5-13-22-19/h3-4,6-11H,5,12-14H2,1-2H3. The van der Waals surface area contributed by atoms with E-state index in [1.54, 1.807) is 0 Å². The maximum atomic E-state index is 6.15. The molecule has 0 saturated carbocycles. The van der Waals surface area contributed by atoms with Crippen LogP contribution >= 0.6 is 23.5 Å². The van der Waals surface area contributed by atoms with E-state index in [4.69, 9.17) is 4.74 Å². The molecular weight excluding hydrogens is 308 g/mol. The third-order valence-corrected chi connectivity index (χ3v) is 7.17. The van der Waals surface area contributed by atoms with Crippen molar-refractivity contribution in [3.8, 4) is 5.75 Å². The van der Waals surface area contributed by atoms with Gasteiger partial charge < -0.3 is 4.74 Å². The van der Waals surface area contributed by atoms with Crippen molar-refractivity contribution in [1.29, 1.82) is 0 Å². The van der Waals surface area contributed by atoms with Crippen LogP contribution in [0.4, 0.5) is 0 Å². The lowest BCUT2D eigenvalue weighted by atomic mass is 10.1. The van der Waals surface area contributed by atoms with E-state index in [0.717, 1.165) is 5.75 Å². The number of ether oxygens (including phenoxy) is 1. The fourth-order valence-electron chi connectivity index (χ4n) is 2.60. The number of para-hydroxylation sites is 1. The Balaban J connectivity index is 1.77. The van der Waals surface area contributed by atoms with E-state index in [2.05, 4.69) is 62.4 Å². The van der Waals surface area contributed by atoms with E-state index >= 15 is 0 Å². The maximum absolute atomic E-state index is 6.15. The summed E-state index contributed by atoms with van der Waals surface area (Å²) in [5, 5.41) is 0. The number of hydrogen-bond acceptors (Lipinski definition) is 3. The summed E-state index contributed by atoms with van der Waals surface area (Å²) in [6.45, 7) is 5.07. The largest absolute Gasteiger partial charge is 0.489 e. The molecule has 116 valence electrons. The first-order valence-electron chi connectivity index (χ1n) is 7.73. The van der Waals surface area contributed by atoms with Gasteiger partial charge in [0.2, 0.25) is 0 Å². The van der Waals surface area contributed by atoms with Crippen molar-refractivity contribution in [3.05, 3.63) is 65.2 Å². The van der Waals surface area contributed by atoms with Gasteiger partial charge in [-0.15, -0.1) is 23.5 Å². The van der Waals surface area contributed by atoms with Gasteiger partial charge in [-0.3, -0.25) is 0 Å². The van der Waals surface area contributed by atoms with Gasteiger partial charge >= 0.3 is 0 Å². The molecular formula is C19H22OS2. The maximum Gasteiger partial charge on any atom is 0.125 e. The molecule has 0 unspecified atom stereocenters. The molecule has 3 heteroatoms. The first-order chi connectivity index (χ1) is 10.7. The summed E-state index contributed by atoms with van der Waals surface area (Å²) >= 11 is 4.08. The molecule has 0 atom stereocenters. The predicted octanol–water partition coefficient (Wildman–Crippen LogP) is 5.62. The van der Waals surface area contributed by atoms with Gasteiger partial charge in [0.05, 0.1) is 4.08 Å². The Hall–Kier alpha value is -1.06. The predicted molar refractivity (Wildman–Crippen MR) is 98.8 cm³/mol. The fourth-order valence-corrected chi connectivity index (χ4v) is 5.62. The average Bonchev–Trinajstić information content (AvgIpc) is 2.55. The van der Waals surface area contributed by atoms with Crippen LogP contribution < -0.4 is 4.74 Å². The third-order valence-electron chi connectivity index (χ3n) is 3.93. The van der Waals surface area contributed by atoms with E-state index in [1.165, 1.54) is 34.6 Å². The first-order valence-corrected chi connectivity index (χ1v) is 9.70. The van der Waals surface area contributed by atoms with Gasteiger partial charge in [-0.1, -0.05) is 48.0 Å². The molecule has 3 rings (SSSR count). The van der Waals surface area contributed by atoms with Crippen LogP contribution in [0.15, 0.2) is 48.5 Å². The second-order valence-electron chi connectivity index (χ2n) is 5.77. The zero-order chi connectivity index (χ0) is 15.4. The molecule has 0 aromatic heterocycles. The van der Waals surface area contributed by atoms with E-state index in [0.29, 0.717) is 6.61 Å². The van der Waals surface area contributed by atoms with Crippen LogP contribution in [0.5, 0.6) is 5.75 Å². The second kappa shape index (κ2) is 7.01.